The lowest BCUT2D eigenvalue weighted by atomic mass is 9.84. The molecule has 17 heavy (non-hydrogen) atoms. The summed E-state index contributed by atoms with van der Waals surface area (Å²) in [6.45, 7) is 2.52. The number of nitrogens with zero attached hydrogens (tertiary/aromatic N) is 1. The number of carboxylic acid groups (broad SMARTS) is 1. The fourth-order valence-corrected chi connectivity index (χ4v) is 1.22. The Morgan fingerprint density at radius 3 is 2.41 bits per heavy atom. The molecular formula is C11H11NO5. The third-order valence-electron chi connectivity index (χ3n) is 2.42. The number of nitro benzene ring substituents is 1. The van der Waals surface area contributed by atoms with Crippen LogP contribution in [0.4, 0.5) is 5.69 Å². The number of carbonyl (C=O) groups excluding carboxylic acids is 1. The van der Waals surface area contributed by atoms with Gasteiger partial charge in [0, 0.05) is 17.7 Å². The molecule has 0 radical (unpaired) electrons. The SMILES string of the molecule is CC(C)(C(=O)O)C(=O)c1cccc([N+](=O)[O-])c1. The summed E-state index contributed by atoms with van der Waals surface area (Å²) in [6, 6.07) is 5.03. The highest BCUT2D eigenvalue weighted by molar-refractivity contribution is 6.11. The van der Waals surface area contributed by atoms with Gasteiger partial charge in [0.05, 0.1) is 4.92 Å². The third kappa shape index (κ3) is 2.47. The first-order valence-electron chi connectivity index (χ1n) is 4.79. The Kier molecular flexibility index (Phi) is 3.26. The van der Waals surface area contributed by atoms with E-state index < -0.39 is 22.1 Å². The summed E-state index contributed by atoms with van der Waals surface area (Å²) < 4.78 is 0. The van der Waals surface area contributed by atoms with Gasteiger partial charge in [0.2, 0.25) is 0 Å². The van der Waals surface area contributed by atoms with E-state index in [9.17, 15) is 19.7 Å². The summed E-state index contributed by atoms with van der Waals surface area (Å²) in [5.41, 5.74) is -1.82. The zero-order valence-electron chi connectivity index (χ0n) is 9.34. The van der Waals surface area contributed by atoms with Crippen molar-refractivity contribution in [2.45, 2.75) is 13.8 Å². The van der Waals surface area contributed by atoms with E-state index in [-0.39, 0.29) is 11.3 Å². The minimum absolute atomic E-state index is 0.0200. The molecule has 0 amide bonds. The summed E-state index contributed by atoms with van der Waals surface area (Å²) in [7, 11) is 0. The highest BCUT2D eigenvalue weighted by Gasteiger charge is 2.36. The smallest absolute Gasteiger partial charge is 0.316 e. The van der Waals surface area contributed by atoms with Crippen LogP contribution in [0.25, 0.3) is 0 Å². The van der Waals surface area contributed by atoms with Gasteiger partial charge in [0.1, 0.15) is 5.41 Å². The molecule has 0 aliphatic rings. The molecule has 0 spiro atoms. The van der Waals surface area contributed by atoms with E-state index in [0.29, 0.717) is 0 Å². The molecule has 0 aliphatic carbocycles. The zero-order chi connectivity index (χ0) is 13.2. The predicted molar refractivity (Wildman–Crippen MR) is 58.8 cm³/mol. The molecule has 0 heterocycles. The first-order chi connectivity index (χ1) is 7.76. The molecule has 0 saturated heterocycles. The summed E-state index contributed by atoms with van der Waals surface area (Å²) in [5, 5.41) is 19.4. The Balaban J connectivity index is 3.18. The molecule has 1 rings (SSSR count). The van der Waals surface area contributed by atoms with E-state index in [4.69, 9.17) is 5.11 Å². The second-order valence-electron chi connectivity index (χ2n) is 4.07. The number of carboxylic acids is 1. The van der Waals surface area contributed by atoms with Crippen molar-refractivity contribution in [3.8, 4) is 0 Å². The average molecular weight is 237 g/mol. The van der Waals surface area contributed by atoms with Crippen molar-refractivity contribution < 1.29 is 19.6 Å². The highest BCUT2D eigenvalue weighted by Crippen LogP contribution is 2.24. The van der Waals surface area contributed by atoms with Crippen molar-refractivity contribution >= 4 is 17.4 Å². The minimum atomic E-state index is -1.60. The highest BCUT2D eigenvalue weighted by atomic mass is 16.6. The van der Waals surface area contributed by atoms with Crippen molar-refractivity contribution in [2.75, 3.05) is 0 Å². The van der Waals surface area contributed by atoms with E-state index in [1.54, 1.807) is 0 Å². The summed E-state index contributed by atoms with van der Waals surface area (Å²) in [4.78, 5) is 32.7. The van der Waals surface area contributed by atoms with Gasteiger partial charge in [-0.15, -0.1) is 0 Å². The molecule has 0 atom stereocenters. The molecule has 0 unspecified atom stereocenters. The second-order valence-corrected chi connectivity index (χ2v) is 4.07. The van der Waals surface area contributed by atoms with Crippen LogP contribution in [0.15, 0.2) is 24.3 Å². The van der Waals surface area contributed by atoms with Crippen LogP contribution in [-0.4, -0.2) is 21.8 Å². The van der Waals surface area contributed by atoms with E-state index in [1.807, 2.05) is 0 Å². The molecule has 1 aromatic carbocycles. The monoisotopic (exact) mass is 237 g/mol. The molecule has 0 bridgehead atoms. The summed E-state index contributed by atoms with van der Waals surface area (Å²) in [6.07, 6.45) is 0. The van der Waals surface area contributed by atoms with E-state index >= 15 is 0 Å². The maximum Gasteiger partial charge on any atom is 0.316 e. The minimum Gasteiger partial charge on any atom is -0.481 e. The molecule has 90 valence electrons. The standard InChI is InChI=1S/C11H11NO5/c1-11(2,10(14)15)9(13)7-4-3-5-8(6-7)12(16)17/h3-6H,1-2H3,(H,14,15). The lowest BCUT2D eigenvalue weighted by molar-refractivity contribution is -0.384. The Morgan fingerprint density at radius 1 is 1.35 bits per heavy atom. The van der Waals surface area contributed by atoms with Gasteiger partial charge < -0.3 is 5.11 Å². The van der Waals surface area contributed by atoms with E-state index in [0.717, 1.165) is 6.07 Å². The normalized spacial score (nSPS) is 10.9. The van der Waals surface area contributed by atoms with Gasteiger partial charge >= 0.3 is 5.97 Å². The Hall–Kier alpha value is -2.24. The molecule has 1 aromatic rings. The predicted octanol–water partition coefficient (Wildman–Crippen LogP) is 1.89. The van der Waals surface area contributed by atoms with Crippen molar-refractivity contribution in [3.05, 3.63) is 39.9 Å². The molecule has 0 fully saturated rings. The molecule has 6 heteroatoms. The fourth-order valence-electron chi connectivity index (χ4n) is 1.22. The Labute approximate surface area is 97.0 Å². The van der Waals surface area contributed by atoms with Crippen molar-refractivity contribution in [3.63, 3.8) is 0 Å². The van der Waals surface area contributed by atoms with Gasteiger partial charge in [0.15, 0.2) is 5.78 Å². The van der Waals surface area contributed by atoms with Crippen LogP contribution in [-0.2, 0) is 4.79 Å². The van der Waals surface area contributed by atoms with Gasteiger partial charge in [0.25, 0.3) is 5.69 Å². The van der Waals surface area contributed by atoms with Crippen LogP contribution in [0.3, 0.4) is 0 Å². The van der Waals surface area contributed by atoms with Gasteiger partial charge in [-0.25, -0.2) is 0 Å². The maximum absolute atomic E-state index is 11.9. The van der Waals surface area contributed by atoms with E-state index in [1.165, 1.54) is 32.0 Å². The topological polar surface area (TPSA) is 97.5 Å². The third-order valence-corrected chi connectivity index (χ3v) is 2.42. The number of nitro groups is 1. The zero-order valence-corrected chi connectivity index (χ0v) is 9.34. The van der Waals surface area contributed by atoms with Gasteiger partial charge in [-0.2, -0.15) is 0 Å². The van der Waals surface area contributed by atoms with Gasteiger partial charge in [-0.3, -0.25) is 19.7 Å². The summed E-state index contributed by atoms with van der Waals surface area (Å²) >= 11 is 0. The van der Waals surface area contributed by atoms with Crippen LogP contribution in [0, 0.1) is 15.5 Å². The number of benzene rings is 1. The second kappa shape index (κ2) is 4.32. The molecular weight excluding hydrogens is 226 g/mol. The first kappa shape index (κ1) is 12.8. The van der Waals surface area contributed by atoms with Crippen LogP contribution >= 0.6 is 0 Å². The number of hydrogen-bond acceptors (Lipinski definition) is 4. The molecule has 0 saturated carbocycles. The van der Waals surface area contributed by atoms with Crippen LogP contribution < -0.4 is 0 Å². The number of ketones is 1. The van der Waals surface area contributed by atoms with E-state index in [2.05, 4.69) is 0 Å². The lowest BCUT2D eigenvalue weighted by Crippen LogP contribution is -2.33. The number of aliphatic carboxylic acids is 1. The average Bonchev–Trinajstić information content (AvgIpc) is 2.27. The van der Waals surface area contributed by atoms with Crippen molar-refractivity contribution in [1.29, 1.82) is 0 Å². The van der Waals surface area contributed by atoms with Gasteiger partial charge in [-0.1, -0.05) is 12.1 Å². The molecule has 0 aliphatic heterocycles. The summed E-state index contributed by atoms with van der Waals surface area (Å²) in [5.74, 6) is -1.93. The molecule has 6 nitrogen and oxygen atoms in total. The van der Waals surface area contributed by atoms with Crippen LogP contribution in [0.1, 0.15) is 24.2 Å². The number of hydrogen-bond donors (Lipinski definition) is 1. The Bertz CT molecular complexity index is 492. The maximum atomic E-state index is 11.9. The number of rotatable bonds is 4. The first-order valence-corrected chi connectivity index (χ1v) is 4.79. The number of non-ortho nitro benzene ring substituents is 1. The number of Topliss-reactive ketones (excluding diaryl/α,β-unsaturated/α-hetero) is 1. The quantitative estimate of drug-likeness (QED) is 0.373. The lowest BCUT2D eigenvalue weighted by Gasteiger charge is -2.17. The number of carbonyl (C=O) groups is 2. The van der Waals surface area contributed by atoms with Crippen LogP contribution in [0.2, 0.25) is 0 Å². The largest absolute Gasteiger partial charge is 0.481 e. The molecule has 0 aromatic heterocycles. The van der Waals surface area contributed by atoms with Crippen molar-refractivity contribution in [2.24, 2.45) is 5.41 Å². The Morgan fingerprint density at radius 2 is 1.94 bits per heavy atom. The van der Waals surface area contributed by atoms with Gasteiger partial charge in [-0.05, 0) is 13.8 Å². The van der Waals surface area contributed by atoms with Crippen molar-refractivity contribution in [1.82, 2.24) is 0 Å². The van der Waals surface area contributed by atoms with Crippen LogP contribution in [0.5, 0.6) is 0 Å². The fraction of sp³-hybridized carbons (Fsp3) is 0.273. The molecule has 1 N–H and O–H groups in total.